The Balaban J connectivity index is 1.93. The van der Waals surface area contributed by atoms with E-state index in [2.05, 4.69) is 23.9 Å². The Morgan fingerprint density at radius 3 is 3.06 bits per heavy atom. The highest BCUT2D eigenvalue weighted by Gasteiger charge is 2.26. The summed E-state index contributed by atoms with van der Waals surface area (Å²) in [5.74, 6) is 2.13. The Bertz CT molecular complexity index is 364. The van der Waals surface area contributed by atoms with Gasteiger partial charge in [-0.05, 0) is 31.1 Å². The minimum atomic E-state index is -0.257. The summed E-state index contributed by atoms with van der Waals surface area (Å²) in [7, 11) is 0. The first-order valence-corrected chi connectivity index (χ1v) is 7.25. The molecule has 0 saturated heterocycles. The van der Waals surface area contributed by atoms with Gasteiger partial charge in [-0.3, -0.25) is 4.68 Å². The first-order chi connectivity index (χ1) is 8.70. The first kappa shape index (κ1) is 13.5. The van der Waals surface area contributed by atoms with Crippen molar-refractivity contribution in [2.45, 2.75) is 65.0 Å². The molecule has 3 unspecified atom stereocenters. The molecule has 1 heterocycles. The van der Waals surface area contributed by atoms with Crippen LogP contribution in [0.3, 0.4) is 0 Å². The molecule has 1 aliphatic carbocycles. The minimum Gasteiger partial charge on any atom is -0.392 e. The molecular weight excluding hydrogens is 226 g/mol. The van der Waals surface area contributed by atoms with Crippen LogP contribution in [-0.2, 0) is 13.0 Å². The topological polar surface area (TPSA) is 50.9 Å². The van der Waals surface area contributed by atoms with E-state index in [-0.39, 0.29) is 6.10 Å². The van der Waals surface area contributed by atoms with Gasteiger partial charge in [0.25, 0.3) is 0 Å². The number of aliphatic hydroxyl groups is 1. The van der Waals surface area contributed by atoms with Crippen LogP contribution in [-0.4, -0.2) is 26.0 Å². The average Bonchev–Trinajstić information content (AvgIpc) is 2.77. The molecule has 1 aromatic rings. The highest BCUT2D eigenvalue weighted by molar-refractivity contribution is 4.90. The largest absolute Gasteiger partial charge is 0.392 e. The molecule has 1 saturated carbocycles. The van der Waals surface area contributed by atoms with Gasteiger partial charge in [-0.2, -0.15) is 5.10 Å². The normalized spacial score (nSPS) is 26.2. The standard InChI is InChI=1S/C14H25N3O/c1-3-7-17-14(15-10-16-17)9-13(18)12-6-4-5-11(2)8-12/h10-13,18H,3-9H2,1-2H3. The zero-order chi connectivity index (χ0) is 13.0. The monoisotopic (exact) mass is 251 g/mol. The molecule has 4 nitrogen and oxygen atoms in total. The van der Waals surface area contributed by atoms with Crippen LogP contribution in [0.2, 0.25) is 0 Å². The number of hydrogen-bond donors (Lipinski definition) is 1. The number of hydrogen-bond acceptors (Lipinski definition) is 3. The van der Waals surface area contributed by atoms with Gasteiger partial charge in [-0.1, -0.05) is 26.7 Å². The maximum atomic E-state index is 10.4. The SMILES string of the molecule is CCCn1ncnc1CC(O)C1CCCC(C)C1. The van der Waals surface area contributed by atoms with E-state index in [4.69, 9.17) is 0 Å². The molecule has 0 radical (unpaired) electrons. The summed E-state index contributed by atoms with van der Waals surface area (Å²) in [6.07, 6.45) is 7.93. The maximum absolute atomic E-state index is 10.4. The molecule has 3 atom stereocenters. The zero-order valence-corrected chi connectivity index (χ0v) is 11.5. The van der Waals surface area contributed by atoms with Gasteiger partial charge in [0, 0.05) is 13.0 Å². The van der Waals surface area contributed by atoms with Crippen molar-refractivity contribution in [3.63, 3.8) is 0 Å². The molecule has 2 rings (SSSR count). The lowest BCUT2D eigenvalue weighted by atomic mass is 9.79. The number of aromatic nitrogens is 3. The molecule has 1 aromatic heterocycles. The van der Waals surface area contributed by atoms with Gasteiger partial charge in [0.2, 0.25) is 0 Å². The van der Waals surface area contributed by atoms with Crippen LogP contribution >= 0.6 is 0 Å². The summed E-state index contributed by atoms with van der Waals surface area (Å²) in [4.78, 5) is 4.28. The smallest absolute Gasteiger partial charge is 0.138 e. The highest BCUT2D eigenvalue weighted by atomic mass is 16.3. The molecule has 1 aliphatic rings. The van der Waals surface area contributed by atoms with Gasteiger partial charge in [0.05, 0.1) is 6.10 Å². The summed E-state index contributed by atoms with van der Waals surface area (Å²) in [5.41, 5.74) is 0. The highest BCUT2D eigenvalue weighted by Crippen LogP contribution is 2.31. The molecule has 1 N–H and O–H groups in total. The fourth-order valence-electron chi connectivity index (χ4n) is 3.03. The van der Waals surface area contributed by atoms with Gasteiger partial charge in [-0.25, -0.2) is 4.98 Å². The second kappa shape index (κ2) is 6.32. The molecule has 0 spiro atoms. The number of rotatable bonds is 5. The van der Waals surface area contributed by atoms with E-state index in [1.165, 1.54) is 12.8 Å². The van der Waals surface area contributed by atoms with Crippen LogP contribution < -0.4 is 0 Å². The number of aryl methyl sites for hydroxylation is 1. The van der Waals surface area contributed by atoms with E-state index < -0.39 is 0 Å². The van der Waals surface area contributed by atoms with Gasteiger partial charge < -0.3 is 5.11 Å². The van der Waals surface area contributed by atoms with E-state index in [0.29, 0.717) is 12.3 Å². The van der Waals surface area contributed by atoms with E-state index in [1.807, 2.05) is 4.68 Å². The van der Waals surface area contributed by atoms with Crippen molar-refractivity contribution in [3.8, 4) is 0 Å². The molecule has 0 amide bonds. The average molecular weight is 251 g/mol. The summed E-state index contributed by atoms with van der Waals surface area (Å²) in [6.45, 7) is 5.31. The molecule has 102 valence electrons. The van der Waals surface area contributed by atoms with Crippen LogP contribution in [0.1, 0.15) is 51.8 Å². The Morgan fingerprint density at radius 2 is 2.33 bits per heavy atom. The lowest BCUT2D eigenvalue weighted by Gasteiger charge is -2.30. The van der Waals surface area contributed by atoms with Crippen molar-refractivity contribution in [3.05, 3.63) is 12.2 Å². The summed E-state index contributed by atoms with van der Waals surface area (Å²) in [6, 6.07) is 0. The second-order valence-electron chi connectivity index (χ2n) is 5.70. The van der Waals surface area contributed by atoms with E-state index >= 15 is 0 Å². The predicted molar refractivity (Wildman–Crippen MR) is 71.1 cm³/mol. The van der Waals surface area contributed by atoms with E-state index in [9.17, 15) is 5.11 Å². The van der Waals surface area contributed by atoms with Crippen molar-refractivity contribution in [1.82, 2.24) is 14.8 Å². The lowest BCUT2D eigenvalue weighted by Crippen LogP contribution is -2.28. The molecule has 0 aliphatic heterocycles. The third-order valence-electron chi connectivity index (χ3n) is 4.04. The van der Waals surface area contributed by atoms with Crippen LogP contribution in [0, 0.1) is 11.8 Å². The van der Waals surface area contributed by atoms with Crippen LogP contribution in [0.4, 0.5) is 0 Å². The Kier molecular flexibility index (Phi) is 4.75. The van der Waals surface area contributed by atoms with E-state index in [0.717, 1.165) is 37.5 Å². The quantitative estimate of drug-likeness (QED) is 0.874. The lowest BCUT2D eigenvalue weighted by molar-refractivity contribution is 0.0695. The number of nitrogens with zero attached hydrogens (tertiary/aromatic N) is 3. The van der Waals surface area contributed by atoms with Crippen LogP contribution in [0.25, 0.3) is 0 Å². The van der Waals surface area contributed by atoms with Crippen molar-refractivity contribution >= 4 is 0 Å². The third kappa shape index (κ3) is 3.31. The molecule has 1 fully saturated rings. The minimum absolute atomic E-state index is 0.257. The van der Waals surface area contributed by atoms with Crippen molar-refractivity contribution < 1.29 is 5.11 Å². The second-order valence-corrected chi connectivity index (χ2v) is 5.70. The van der Waals surface area contributed by atoms with Crippen LogP contribution in [0.15, 0.2) is 6.33 Å². The fraction of sp³-hybridized carbons (Fsp3) is 0.857. The molecule has 0 bridgehead atoms. The Labute approximate surface area is 109 Å². The van der Waals surface area contributed by atoms with Crippen molar-refractivity contribution in [1.29, 1.82) is 0 Å². The van der Waals surface area contributed by atoms with Gasteiger partial charge >= 0.3 is 0 Å². The molecular formula is C14H25N3O. The van der Waals surface area contributed by atoms with Crippen molar-refractivity contribution in [2.24, 2.45) is 11.8 Å². The van der Waals surface area contributed by atoms with Gasteiger partial charge in [0.15, 0.2) is 0 Å². The molecule has 0 aromatic carbocycles. The molecule has 18 heavy (non-hydrogen) atoms. The zero-order valence-electron chi connectivity index (χ0n) is 11.5. The van der Waals surface area contributed by atoms with E-state index in [1.54, 1.807) is 6.33 Å². The fourth-order valence-corrected chi connectivity index (χ4v) is 3.03. The maximum Gasteiger partial charge on any atom is 0.138 e. The Hall–Kier alpha value is -0.900. The van der Waals surface area contributed by atoms with Crippen molar-refractivity contribution in [2.75, 3.05) is 0 Å². The molecule has 4 heteroatoms. The summed E-state index contributed by atoms with van der Waals surface area (Å²) >= 11 is 0. The first-order valence-electron chi connectivity index (χ1n) is 7.25. The van der Waals surface area contributed by atoms with Crippen LogP contribution in [0.5, 0.6) is 0 Å². The number of aliphatic hydroxyl groups excluding tert-OH is 1. The predicted octanol–water partition coefficient (Wildman–Crippen LogP) is 2.42. The third-order valence-corrected chi connectivity index (χ3v) is 4.04. The van der Waals surface area contributed by atoms with Gasteiger partial charge in [0.1, 0.15) is 12.2 Å². The van der Waals surface area contributed by atoms with Gasteiger partial charge in [-0.15, -0.1) is 0 Å². The summed E-state index contributed by atoms with van der Waals surface area (Å²) in [5, 5.41) is 14.6. The summed E-state index contributed by atoms with van der Waals surface area (Å²) < 4.78 is 1.93. The Morgan fingerprint density at radius 1 is 1.50 bits per heavy atom.